The molecule has 4 nitrogen and oxygen atoms in total. The molecule has 0 amide bonds. The summed E-state index contributed by atoms with van der Waals surface area (Å²) in [6.45, 7) is 1.15. The molecule has 0 aliphatic carbocycles. The summed E-state index contributed by atoms with van der Waals surface area (Å²) in [5.74, 6) is 0.585. The van der Waals surface area contributed by atoms with E-state index >= 15 is 0 Å². The molecule has 0 unspecified atom stereocenters. The molecular weight excluding hydrogens is 274 g/mol. The Morgan fingerprint density at radius 1 is 1.30 bits per heavy atom. The molecule has 5 heteroatoms. The summed E-state index contributed by atoms with van der Waals surface area (Å²) >= 11 is 5.87. The first-order valence-corrected chi connectivity index (χ1v) is 6.48. The standard InChI is InChI=1S/C15H14ClN3O/c1-20-10-13-5-3-2-4-12(13)9-18-15-7-11(8-17)6-14(16)19-15/h2-7H,9-10H2,1H3,(H,18,19). The van der Waals surface area contributed by atoms with Crippen molar-refractivity contribution in [3.8, 4) is 6.07 Å². The lowest BCUT2D eigenvalue weighted by molar-refractivity contribution is 0.184. The smallest absolute Gasteiger partial charge is 0.132 e. The maximum Gasteiger partial charge on any atom is 0.132 e. The number of hydrogen-bond donors (Lipinski definition) is 1. The van der Waals surface area contributed by atoms with Gasteiger partial charge in [-0.1, -0.05) is 35.9 Å². The monoisotopic (exact) mass is 287 g/mol. The predicted molar refractivity (Wildman–Crippen MR) is 78.4 cm³/mol. The van der Waals surface area contributed by atoms with E-state index in [2.05, 4.69) is 16.4 Å². The second-order valence-electron chi connectivity index (χ2n) is 4.23. The molecule has 0 saturated carbocycles. The normalized spacial score (nSPS) is 10.1. The molecule has 0 saturated heterocycles. The van der Waals surface area contributed by atoms with Crippen molar-refractivity contribution >= 4 is 17.4 Å². The van der Waals surface area contributed by atoms with Crippen LogP contribution in [0.1, 0.15) is 16.7 Å². The lowest BCUT2D eigenvalue weighted by atomic mass is 10.1. The summed E-state index contributed by atoms with van der Waals surface area (Å²) in [7, 11) is 1.67. The Labute approximate surface area is 123 Å². The van der Waals surface area contributed by atoms with Crippen LogP contribution in [0.3, 0.4) is 0 Å². The minimum atomic E-state index is 0.303. The first kappa shape index (κ1) is 14.3. The Bertz CT molecular complexity index is 637. The fourth-order valence-electron chi connectivity index (χ4n) is 1.86. The fourth-order valence-corrected chi connectivity index (χ4v) is 2.07. The van der Waals surface area contributed by atoms with Crippen LogP contribution < -0.4 is 5.32 Å². The number of benzene rings is 1. The van der Waals surface area contributed by atoms with Crippen molar-refractivity contribution in [1.29, 1.82) is 5.26 Å². The number of rotatable bonds is 5. The lowest BCUT2D eigenvalue weighted by Crippen LogP contribution is -2.05. The van der Waals surface area contributed by atoms with Crippen LogP contribution in [-0.2, 0) is 17.9 Å². The van der Waals surface area contributed by atoms with Gasteiger partial charge in [0.05, 0.1) is 18.2 Å². The third-order valence-corrected chi connectivity index (χ3v) is 2.99. The summed E-state index contributed by atoms with van der Waals surface area (Å²) in [5, 5.41) is 12.4. The number of hydrogen-bond acceptors (Lipinski definition) is 4. The molecule has 1 N–H and O–H groups in total. The molecule has 2 rings (SSSR count). The average molecular weight is 288 g/mol. The van der Waals surface area contributed by atoms with E-state index in [1.807, 2.05) is 24.3 Å². The van der Waals surface area contributed by atoms with Gasteiger partial charge < -0.3 is 10.1 Å². The fraction of sp³-hybridized carbons (Fsp3) is 0.200. The van der Waals surface area contributed by atoms with E-state index in [9.17, 15) is 0 Å². The molecule has 0 spiro atoms. The minimum absolute atomic E-state index is 0.303. The largest absolute Gasteiger partial charge is 0.380 e. The second-order valence-corrected chi connectivity index (χ2v) is 4.62. The topological polar surface area (TPSA) is 57.9 Å². The summed E-state index contributed by atoms with van der Waals surface area (Å²) < 4.78 is 5.17. The molecule has 0 fully saturated rings. The maximum absolute atomic E-state index is 8.91. The molecule has 0 atom stereocenters. The van der Waals surface area contributed by atoms with E-state index in [0.717, 1.165) is 11.1 Å². The Morgan fingerprint density at radius 2 is 2.05 bits per heavy atom. The SMILES string of the molecule is COCc1ccccc1CNc1cc(C#N)cc(Cl)n1. The van der Waals surface area contributed by atoms with Crippen molar-refractivity contribution < 1.29 is 4.74 Å². The van der Waals surface area contributed by atoms with Gasteiger partial charge in [0.15, 0.2) is 0 Å². The maximum atomic E-state index is 8.91. The summed E-state index contributed by atoms with van der Waals surface area (Å²) in [6, 6.07) is 13.3. The number of methoxy groups -OCH3 is 1. The van der Waals surface area contributed by atoms with Crippen molar-refractivity contribution in [2.24, 2.45) is 0 Å². The van der Waals surface area contributed by atoms with E-state index in [-0.39, 0.29) is 0 Å². The molecule has 1 aromatic carbocycles. The zero-order valence-electron chi connectivity index (χ0n) is 11.1. The van der Waals surface area contributed by atoms with E-state index in [1.165, 1.54) is 6.07 Å². The van der Waals surface area contributed by atoms with E-state index in [0.29, 0.717) is 29.7 Å². The molecule has 1 aromatic heterocycles. The van der Waals surface area contributed by atoms with Crippen LogP contribution in [0.4, 0.5) is 5.82 Å². The van der Waals surface area contributed by atoms with Crippen LogP contribution in [0.5, 0.6) is 0 Å². The Hall–Kier alpha value is -2.09. The lowest BCUT2D eigenvalue weighted by Gasteiger charge is -2.10. The van der Waals surface area contributed by atoms with Crippen LogP contribution in [0.2, 0.25) is 5.15 Å². The molecule has 0 radical (unpaired) electrons. The molecule has 20 heavy (non-hydrogen) atoms. The van der Waals surface area contributed by atoms with E-state index < -0.39 is 0 Å². The van der Waals surface area contributed by atoms with Gasteiger partial charge >= 0.3 is 0 Å². The summed E-state index contributed by atoms with van der Waals surface area (Å²) in [4.78, 5) is 4.14. The van der Waals surface area contributed by atoms with Gasteiger partial charge in [0.1, 0.15) is 11.0 Å². The highest BCUT2D eigenvalue weighted by Gasteiger charge is 2.04. The van der Waals surface area contributed by atoms with Crippen LogP contribution in [0.15, 0.2) is 36.4 Å². The predicted octanol–water partition coefficient (Wildman–Crippen LogP) is 3.37. The van der Waals surface area contributed by atoms with Gasteiger partial charge in [0.2, 0.25) is 0 Å². The van der Waals surface area contributed by atoms with Crippen LogP contribution >= 0.6 is 11.6 Å². The molecule has 1 heterocycles. The van der Waals surface area contributed by atoms with Gasteiger partial charge in [-0.15, -0.1) is 0 Å². The summed E-state index contributed by atoms with van der Waals surface area (Å²) in [6.07, 6.45) is 0. The van der Waals surface area contributed by atoms with Crippen LogP contribution in [0, 0.1) is 11.3 Å². The van der Waals surface area contributed by atoms with E-state index in [4.69, 9.17) is 21.6 Å². The number of aromatic nitrogens is 1. The highest BCUT2D eigenvalue weighted by molar-refractivity contribution is 6.29. The number of ether oxygens (including phenoxy) is 1. The average Bonchev–Trinajstić information content (AvgIpc) is 2.46. The molecule has 2 aromatic rings. The third kappa shape index (κ3) is 3.70. The van der Waals surface area contributed by atoms with Crippen LogP contribution in [-0.4, -0.2) is 12.1 Å². The van der Waals surface area contributed by atoms with Crippen molar-refractivity contribution in [3.63, 3.8) is 0 Å². The molecule has 0 aliphatic heterocycles. The minimum Gasteiger partial charge on any atom is -0.380 e. The molecular formula is C15H14ClN3O. The third-order valence-electron chi connectivity index (χ3n) is 2.80. The van der Waals surface area contributed by atoms with Gasteiger partial charge in [0, 0.05) is 13.7 Å². The molecule has 102 valence electrons. The number of nitrogens with one attached hydrogen (secondary N) is 1. The second kappa shape index (κ2) is 6.90. The number of halogens is 1. The van der Waals surface area contributed by atoms with Crippen molar-refractivity contribution in [1.82, 2.24) is 4.98 Å². The van der Waals surface area contributed by atoms with Crippen molar-refractivity contribution in [2.75, 3.05) is 12.4 Å². The highest BCUT2D eigenvalue weighted by Crippen LogP contribution is 2.16. The molecule has 0 bridgehead atoms. The van der Waals surface area contributed by atoms with Gasteiger partial charge in [-0.3, -0.25) is 0 Å². The number of nitriles is 1. The quantitative estimate of drug-likeness (QED) is 0.857. The van der Waals surface area contributed by atoms with Gasteiger partial charge in [-0.25, -0.2) is 4.98 Å². The number of anilines is 1. The Morgan fingerprint density at radius 3 is 2.75 bits per heavy atom. The number of nitrogens with zero attached hydrogens (tertiary/aromatic N) is 2. The van der Waals surface area contributed by atoms with E-state index in [1.54, 1.807) is 13.2 Å². The van der Waals surface area contributed by atoms with Gasteiger partial charge in [-0.05, 0) is 23.3 Å². The zero-order chi connectivity index (χ0) is 14.4. The summed E-state index contributed by atoms with van der Waals surface area (Å²) in [5.41, 5.74) is 2.72. The van der Waals surface area contributed by atoms with Gasteiger partial charge in [-0.2, -0.15) is 5.26 Å². The van der Waals surface area contributed by atoms with Gasteiger partial charge in [0.25, 0.3) is 0 Å². The van der Waals surface area contributed by atoms with Crippen molar-refractivity contribution in [2.45, 2.75) is 13.2 Å². The molecule has 0 aliphatic rings. The highest BCUT2D eigenvalue weighted by atomic mass is 35.5. The number of pyridine rings is 1. The first-order valence-electron chi connectivity index (χ1n) is 6.10. The Balaban J connectivity index is 2.13. The van der Waals surface area contributed by atoms with Crippen LogP contribution in [0.25, 0.3) is 0 Å². The van der Waals surface area contributed by atoms with Crippen molar-refractivity contribution in [3.05, 3.63) is 58.2 Å². The zero-order valence-corrected chi connectivity index (χ0v) is 11.8. The Kier molecular flexibility index (Phi) is 4.94. The first-order chi connectivity index (χ1) is 9.72.